The third-order valence-corrected chi connectivity index (χ3v) is 4.78. The average Bonchev–Trinajstić information content (AvgIpc) is 2.83. The molecule has 0 aliphatic carbocycles. The van der Waals surface area contributed by atoms with Crippen LogP contribution < -0.4 is 5.32 Å². The monoisotopic (exact) mass is 330 g/mol. The highest BCUT2D eigenvalue weighted by molar-refractivity contribution is 6.42. The zero-order chi connectivity index (χ0) is 15.5. The maximum Gasteiger partial charge on any atom is 0.322 e. The summed E-state index contributed by atoms with van der Waals surface area (Å²) in [4.78, 5) is 14.3. The molecule has 0 bridgehead atoms. The maximum absolute atomic E-state index is 12.5. The van der Waals surface area contributed by atoms with Crippen LogP contribution in [-0.2, 0) is 0 Å². The number of halogens is 2. The second-order valence-corrected chi connectivity index (χ2v) is 6.45. The molecule has 2 N–H and O–H groups in total. The number of anilines is 1. The Morgan fingerprint density at radius 2 is 2.19 bits per heavy atom. The second-order valence-electron chi connectivity index (χ2n) is 5.64. The van der Waals surface area contributed by atoms with Crippen LogP contribution in [0.4, 0.5) is 10.5 Å². The minimum absolute atomic E-state index is 0.133. The summed E-state index contributed by atoms with van der Waals surface area (Å²) in [6, 6.07) is 4.90. The van der Waals surface area contributed by atoms with E-state index < -0.39 is 0 Å². The van der Waals surface area contributed by atoms with Crippen molar-refractivity contribution in [2.75, 3.05) is 18.5 Å². The Morgan fingerprint density at radius 3 is 2.86 bits per heavy atom. The zero-order valence-corrected chi connectivity index (χ0v) is 13.5. The molecule has 21 heavy (non-hydrogen) atoms. The van der Waals surface area contributed by atoms with Gasteiger partial charge in [0.05, 0.1) is 10.0 Å². The normalized spacial score (nSPS) is 21.6. The number of urea groups is 1. The molecule has 1 aliphatic heterocycles. The molecule has 2 amide bonds. The summed E-state index contributed by atoms with van der Waals surface area (Å²) in [6.45, 7) is 2.96. The van der Waals surface area contributed by atoms with Gasteiger partial charge in [-0.25, -0.2) is 4.79 Å². The van der Waals surface area contributed by atoms with Gasteiger partial charge in [0.25, 0.3) is 0 Å². The summed E-state index contributed by atoms with van der Waals surface area (Å²) >= 11 is 11.8. The van der Waals surface area contributed by atoms with Crippen molar-refractivity contribution in [3.05, 3.63) is 28.2 Å². The SMILES string of the molecule is CC1(CCCO)CCCN1C(=O)Nc1ccc(Cl)c(Cl)c1. The van der Waals surface area contributed by atoms with E-state index in [0.29, 0.717) is 22.2 Å². The Morgan fingerprint density at radius 1 is 1.43 bits per heavy atom. The lowest BCUT2D eigenvalue weighted by Gasteiger charge is -2.35. The number of aliphatic hydroxyl groups is 1. The summed E-state index contributed by atoms with van der Waals surface area (Å²) in [7, 11) is 0. The van der Waals surface area contributed by atoms with Crippen LogP contribution in [0.1, 0.15) is 32.6 Å². The molecule has 0 spiro atoms. The lowest BCUT2D eigenvalue weighted by molar-refractivity contribution is 0.151. The molecule has 1 aromatic rings. The van der Waals surface area contributed by atoms with Crippen molar-refractivity contribution >= 4 is 34.9 Å². The fourth-order valence-electron chi connectivity index (χ4n) is 2.85. The van der Waals surface area contributed by atoms with Crippen molar-refractivity contribution in [2.45, 2.75) is 38.1 Å². The molecule has 0 saturated carbocycles. The van der Waals surface area contributed by atoms with Gasteiger partial charge in [0.1, 0.15) is 0 Å². The fourth-order valence-corrected chi connectivity index (χ4v) is 3.15. The van der Waals surface area contributed by atoms with Gasteiger partial charge < -0.3 is 15.3 Å². The van der Waals surface area contributed by atoms with Crippen LogP contribution in [-0.4, -0.2) is 34.7 Å². The van der Waals surface area contributed by atoms with Crippen LogP contribution in [0.15, 0.2) is 18.2 Å². The van der Waals surface area contributed by atoms with Gasteiger partial charge in [0.2, 0.25) is 0 Å². The largest absolute Gasteiger partial charge is 0.396 e. The van der Waals surface area contributed by atoms with Crippen molar-refractivity contribution in [1.29, 1.82) is 0 Å². The lowest BCUT2D eigenvalue weighted by atomic mass is 9.93. The molecule has 1 saturated heterocycles. The van der Waals surface area contributed by atoms with Crippen molar-refractivity contribution in [2.24, 2.45) is 0 Å². The van der Waals surface area contributed by atoms with Gasteiger partial charge in [-0.3, -0.25) is 0 Å². The minimum atomic E-state index is -0.191. The number of nitrogens with zero attached hydrogens (tertiary/aromatic N) is 1. The lowest BCUT2D eigenvalue weighted by Crippen LogP contribution is -2.47. The van der Waals surface area contributed by atoms with Gasteiger partial charge in [-0.05, 0) is 50.8 Å². The van der Waals surface area contributed by atoms with E-state index in [2.05, 4.69) is 12.2 Å². The van der Waals surface area contributed by atoms with Crippen LogP contribution in [0.25, 0.3) is 0 Å². The number of carbonyl (C=O) groups is 1. The molecule has 1 aliphatic rings. The summed E-state index contributed by atoms with van der Waals surface area (Å²) < 4.78 is 0. The first-order valence-corrected chi connectivity index (χ1v) is 7.86. The number of nitrogens with one attached hydrogen (secondary N) is 1. The summed E-state index contributed by atoms with van der Waals surface area (Å²) in [5.41, 5.74) is 0.439. The van der Waals surface area contributed by atoms with Crippen LogP contribution >= 0.6 is 23.2 Å². The highest BCUT2D eigenvalue weighted by Crippen LogP contribution is 2.34. The van der Waals surface area contributed by atoms with E-state index in [1.807, 2.05) is 4.90 Å². The molecule has 1 unspecified atom stereocenters. The number of amides is 2. The van der Waals surface area contributed by atoms with E-state index >= 15 is 0 Å². The molecular weight excluding hydrogens is 311 g/mol. The van der Waals surface area contributed by atoms with Crippen LogP contribution in [0.3, 0.4) is 0 Å². The van der Waals surface area contributed by atoms with E-state index in [0.717, 1.165) is 25.8 Å². The average molecular weight is 331 g/mol. The first-order chi connectivity index (χ1) is 9.96. The van der Waals surface area contributed by atoms with Gasteiger partial charge in [0.15, 0.2) is 0 Å². The van der Waals surface area contributed by atoms with E-state index in [1.54, 1.807) is 18.2 Å². The van der Waals surface area contributed by atoms with Crippen molar-refractivity contribution in [1.82, 2.24) is 4.90 Å². The molecule has 0 aromatic heterocycles. The summed E-state index contributed by atoms with van der Waals surface area (Å²) in [5, 5.41) is 12.8. The van der Waals surface area contributed by atoms with Crippen molar-refractivity contribution in [3.8, 4) is 0 Å². The Kier molecular flexibility index (Phi) is 5.36. The minimum Gasteiger partial charge on any atom is -0.396 e. The molecule has 0 radical (unpaired) electrons. The highest BCUT2D eigenvalue weighted by Gasteiger charge is 2.39. The van der Waals surface area contributed by atoms with Gasteiger partial charge in [-0.2, -0.15) is 0 Å². The molecule has 1 fully saturated rings. The number of benzene rings is 1. The van der Waals surface area contributed by atoms with Gasteiger partial charge in [0, 0.05) is 24.4 Å². The smallest absolute Gasteiger partial charge is 0.322 e. The van der Waals surface area contributed by atoms with Crippen molar-refractivity contribution in [3.63, 3.8) is 0 Å². The topological polar surface area (TPSA) is 52.6 Å². The molecule has 116 valence electrons. The second kappa shape index (κ2) is 6.86. The fraction of sp³-hybridized carbons (Fsp3) is 0.533. The van der Waals surface area contributed by atoms with Gasteiger partial charge in [-0.1, -0.05) is 23.2 Å². The maximum atomic E-state index is 12.5. The molecule has 4 nitrogen and oxygen atoms in total. The molecule has 1 atom stereocenters. The number of hydrogen-bond acceptors (Lipinski definition) is 2. The van der Waals surface area contributed by atoms with E-state index in [9.17, 15) is 4.79 Å². The Labute approximate surface area is 135 Å². The number of likely N-dealkylation sites (tertiary alicyclic amines) is 1. The number of rotatable bonds is 4. The molecule has 6 heteroatoms. The Bertz CT molecular complexity index is 524. The predicted octanol–water partition coefficient (Wildman–Crippen LogP) is 4.15. The summed E-state index contributed by atoms with van der Waals surface area (Å²) in [5.74, 6) is 0. The van der Waals surface area contributed by atoms with Crippen LogP contribution in [0.5, 0.6) is 0 Å². The number of carbonyl (C=O) groups excluding carboxylic acids is 1. The number of aliphatic hydroxyl groups excluding tert-OH is 1. The van der Waals surface area contributed by atoms with E-state index in [4.69, 9.17) is 28.3 Å². The van der Waals surface area contributed by atoms with Crippen molar-refractivity contribution < 1.29 is 9.90 Å². The van der Waals surface area contributed by atoms with E-state index in [-0.39, 0.29) is 18.2 Å². The predicted molar refractivity (Wildman–Crippen MR) is 86.1 cm³/mol. The number of hydrogen-bond donors (Lipinski definition) is 2. The third-order valence-electron chi connectivity index (χ3n) is 4.04. The van der Waals surface area contributed by atoms with Gasteiger partial charge >= 0.3 is 6.03 Å². The Balaban J connectivity index is 2.06. The third kappa shape index (κ3) is 3.82. The molecular formula is C15H20Cl2N2O2. The van der Waals surface area contributed by atoms with E-state index in [1.165, 1.54) is 0 Å². The standard InChI is InChI=1S/C15H20Cl2N2O2/c1-15(7-3-9-20)6-2-8-19(15)14(21)18-11-4-5-12(16)13(17)10-11/h4-5,10,20H,2-3,6-9H2,1H3,(H,18,21). The first kappa shape index (κ1) is 16.4. The molecule has 1 heterocycles. The zero-order valence-electron chi connectivity index (χ0n) is 12.0. The molecule has 1 aromatic carbocycles. The van der Waals surface area contributed by atoms with Gasteiger partial charge in [-0.15, -0.1) is 0 Å². The highest BCUT2D eigenvalue weighted by atomic mass is 35.5. The Hall–Kier alpha value is -0.970. The van der Waals surface area contributed by atoms with Crippen LogP contribution in [0.2, 0.25) is 10.0 Å². The molecule has 2 rings (SSSR count). The summed E-state index contributed by atoms with van der Waals surface area (Å²) in [6.07, 6.45) is 3.45. The quantitative estimate of drug-likeness (QED) is 0.871. The van der Waals surface area contributed by atoms with Crippen LogP contribution in [0, 0.1) is 0 Å². The first-order valence-electron chi connectivity index (χ1n) is 7.11.